The molecular weight excluding hydrogens is 236 g/mol. The Balaban J connectivity index is 3.07. The molecule has 0 radical (unpaired) electrons. The van der Waals surface area contributed by atoms with E-state index >= 15 is 0 Å². The summed E-state index contributed by atoms with van der Waals surface area (Å²) in [5.41, 5.74) is 0. The molecule has 0 aliphatic heterocycles. The molecule has 0 aromatic carbocycles. The van der Waals surface area contributed by atoms with Gasteiger partial charge >= 0.3 is 0 Å². The molecule has 0 saturated heterocycles. The Morgan fingerprint density at radius 3 is 2.21 bits per heavy atom. The Morgan fingerprint density at radius 2 is 1.74 bits per heavy atom. The second kappa shape index (κ2) is 7.97. The second-order valence-electron chi connectivity index (χ2n) is 5.14. The number of hydrogen-bond donors (Lipinski definition) is 1. The molecule has 0 amide bonds. The predicted octanol–water partition coefficient (Wildman–Crippen LogP) is 3.66. The highest BCUT2D eigenvalue weighted by Gasteiger charge is 2.12. The largest absolute Gasteiger partial charge is 0.370 e. The van der Waals surface area contributed by atoms with E-state index in [1.807, 2.05) is 0 Å². The highest BCUT2D eigenvalue weighted by Crippen LogP contribution is 2.20. The van der Waals surface area contributed by atoms with Crippen LogP contribution in [0.25, 0.3) is 0 Å². The Morgan fingerprint density at radius 1 is 1.11 bits per heavy atom. The first-order chi connectivity index (χ1) is 9.12. The molecule has 0 aliphatic carbocycles. The summed E-state index contributed by atoms with van der Waals surface area (Å²) >= 11 is 0. The van der Waals surface area contributed by atoms with E-state index in [9.17, 15) is 0 Å². The molecule has 108 valence electrons. The third-order valence-corrected chi connectivity index (χ3v) is 2.92. The topological polar surface area (TPSA) is 41.0 Å². The zero-order chi connectivity index (χ0) is 14.3. The van der Waals surface area contributed by atoms with Gasteiger partial charge < -0.3 is 10.2 Å². The van der Waals surface area contributed by atoms with Crippen molar-refractivity contribution in [3.8, 4) is 0 Å². The third-order valence-electron chi connectivity index (χ3n) is 2.92. The Kier molecular flexibility index (Phi) is 6.60. The summed E-state index contributed by atoms with van der Waals surface area (Å²) in [6, 6.07) is 2.07. The molecule has 19 heavy (non-hydrogen) atoms. The fourth-order valence-electron chi connectivity index (χ4n) is 2.03. The first-order valence-electron chi connectivity index (χ1n) is 7.50. The van der Waals surface area contributed by atoms with Crippen LogP contribution in [-0.4, -0.2) is 29.6 Å². The number of aromatic nitrogens is 2. The lowest BCUT2D eigenvalue weighted by Gasteiger charge is -2.24. The SMILES string of the molecule is CCCN(CCC)c1cc(NCC)nc(C(C)C)n1. The smallest absolute Gasteiger partial charge is 0.135 e. The van der Waals surface area contributed by atoms with E-state index in [-0.39, 0.29) is 0 Å². The molecular formula is C15H28N4. The summed E-state index contributed by atoms with van der Waals surface area (Å²) in [6.07, 6.45) is 2.27. The van der Waals surface area contributed by atoms with Crippen LogP contribution in [0.3, 0.4) is 0 Å². The molecule has 1 heterocycles. The maximum atomic E-state index is 4.73. The minimum Gasteiger partial charge on any atom is -0.370 e. The molecule has 4 heteroatoms. The van der Waals surface area contributed by atoms with Gasteiger partial charge in [0.15, 0.2) is 0 Å². The van der Waals surface area contributed by atoms with Crippen molar-refractivity contribution in [1.29, 1.82) is 0 Å². The van der Waals surface area contributed by atoms with Crippen molar-refractivity contribution in [3.63, 3.8) is 0 Å². The average molecular weight is 264 g/mol. The van der Waals surface area contributed by atoms with Crippen LogP contribution in [0.15, 0.2) is 6.07 Å². The van der Waals surface area contributed by atoms with E-state index in [2.05, 4.69) is 55.9 Å². The van der Waals surface area contributed by atoms with Gasteiger partial charge in [0.25, 0.3) is 0 Å². The maximum Gasteiger partial charge on any atom is 0.135 e. The first kappa shape index (κ1) is 15.7. The molecule has 0 fully saturated rings. The zero-order valence-corrected chi connectivity index (χ0v) is 13.0. The Labute approximate surface area is 117 Å². The molecule has 0 atom stereocenters. The summed E-state index contributed by atoms with van der Waals surface area (Å²) in [6.45, 7) is 13.8. The zero-order valence-electron chi connectivity index (χ0n) is 13.0. The molecule has 0 aliphatic rings. The summed E-state index contributed by atoms with van der Waals surface area (Å²) in [4.78, 5) is 11.7. The van der Waals surface area contributed by atoms with E-state index in [1.54, 1.807) is 0 Å². The molecule has 1 rings (SSSR count). The molecule has 0 bridgehead atoms. The Hall–Kier alpha value is -1.32. The van der Waals surface area contributed by atoms with Crippen LogP contribution in [0.4, 0.5) is 11.6 Å². The van der Waals surface area contributed by atoms with Crippen molar-refractivity contribution >= 4 is 11.6 Å². The fraction of sp³-hybridized carbons (Fsp3) is 0.733. The number of rotatable bonds is 8. The quantitative estimate of drug-likeness (QED) is 0.778. The highest BCUT2D eigenvalue weighted by molar-refractivity contribution is 5.49. The monoisotopic (exact) mass is 264 g/mol. The number of anilines is 2. The van der Waals surface area contributed by atoms with Gasteiger partial charge in [-0.3, -0.25) is 0 Å². The van der Waals surface area contributed by atoms with Gasteiger partial charge in [-0.25, -0.2) is 9.97 Å². The lowest BCUT2D eigenvalue weighted by atomic mass is 10.2. The number of nitrogens with zero attached hydrogens (tertiary/aromatic N) is 3. The minimum atomic E-state index is 0.349. The van der Waals surface area contributed by atoms with Crippen LogP contribution in [0.5, 0.6) is 0 Å². The average Bonchev–Trinajstić information content (AvgIpc) is 2.38. The normalized spacial score (nSPS) is 10.8. The molecule has 0 spiro atoms. The van der Waals surface area contributed by atoms with Crippen LogP contribution in [-0.2, 0) is 0 Å². The van der Waals surface area contributed by atoms with Gasteiger partial charge in [0.05, 0.1) is 0 Å². The van der Waals surface area contributed by atoms with Crippen molar-refractivity contribution in [2.24, 2.45) is 0 Å². The Bertz CT molecular complexity index is 370. The van der Waals surface area contributed by atoms with Crippen LogP contribution in [0, 0.1) is 0 Å². The highest BCUT2D eigenvalue weighted by atomic mass is 15.2. The standard InChI is InChI=1S/C15H28N4/c1-6-9-19(10-7-2)14-11-13(16-8-3)17-15(18-14)12(4)5/h11-12H,6-10H2,1-5H3,(H,16,17,18). The lowest BCUT2D eigenvalue weighted by molar-refractivity contribution is 0.714. The van der Waals surface area contributed by atoms with Crippen LogP contribution < -0.4 is 10.2 Å². The molecule has 0 unspecified atom stereocenters. The number of hydrogen-bond acceptors (Lipinski definition) is 4. The van der Waals surface area contributed by atoms with E-state index in [4.69, 9.17) is 4.98 Å². The van der Waals surface area contributed by atoms with Gasteiger partial charge in [-0.15, -0.1) is 0 Å². The van der Waals surface area contributed by atoms with Crippen molar-refractivity contribution in [1.82, 2.24) is 9.97 Å². The molecule has 1 aromatic heterocycles. The predicted molar refractivity (Wildman–Crippen MR) is 83.1 cm³/mol. The second-order valence-corrected chi connectivity index (χ2v) is 5.14. The molecule has 4 nitrogen and oxygen atoms in total. The van der Waals surface area contributed by atoms with E-state index in [1.165, 1.54) is 0 Å². The van der Waals surface area contributed by atoms with Crippen molar-refractivity contribution in [2.45, 2.75) is 53.4 Å². The van der Waals surface area contributed by atoms with E-state index in [0.29, 0.717) is 5.92 Å². The molecule has 1 aromatic rings. The van der Waals surface area contributed by atoms with Gasteiger partial charge in [-0.2, -0.15) is 0 Å². The summed E-state index contributed by atoms with van der Waals surface area (Å²) in [7, 11) is 0. The van der Waals surface area contributed by atoms with Gasteiger partial charge in [0.1, 0.15) is 17.5 Å². The van der Waals surface area contributed by atoms with Gasteiger partial charge in [0.2, 0.25) is 0 Å². The van der Waals surface area contributed by atoms with Crippen LogP contribution in [0.1, 0.15) is 59.2 Å². The van der Waals surface area contributed by atoms with Gasteiger partial charge in [-0.05, 0) is 19.8 Å². The van der Waals surface area contributed by atoms with Gasteiger partial charge in [-0.1, -0.05) is 27.7 Å². The van der Waals surface area contributed by atoms with Gasteiger partial charge in [0, 0.05) is 31.6 Å². The number of nitrogens with one attached hydrogen (secondary N) is 1. The van der Waals surface area contributed by atoms with Crippen LogP contribution in [0.2, 0.25) is 0 Å². The molecule has 1 N–H and O–H groups in total. The van der Waals surface area contributed by atoms with Crippen LogP contribution >= 0.6 is 0 Å². The summed E-state index contributed by atoms with van der Waals surface area (Å²) < 4.78 is 0. The van der Waals surface area contributed by atoms with E-state index < -0.39 is 0 Å². The van der Waals surface area contributed by atoms with Crippen molar-refractivity contribution in [3.05, 3.63) is 11.9 Å². The summed E-state index contributed by atoms with van der Waals surface area (Å²) in [5, 5.41) is 3.30. The minimum absolute atomic E-state index is 0.349. The maximum absolute atomic E-state index is 4.73. The van der Waals surface area contributed by atoms with E-state index in [0.717, 1.165) is 49.9 Å². The third kappa shape index (κ3) is 4.69. The molecule has 0 saturated carbocycles. The van der Waals surface area contributed by atoms with Crippen molar-refractivity contribution in [2.75, 3.05) is 29.9 Å². The first-order valence-corrected chi connectivity index (χ1v) is 7.50. The summed E-state index contributed by atoms with van der Waals surface area (Å²) in [5.74, 6) is 3.26. The fourth-order valence-corrected chi connectivity index (χ4v) is 2.03. The van der Waals surface area contributed by atoms with Crippen molar-refractivity contribution < 1.29 is 0 Å². The lowest BCUT2D eigenvalue weighted by Crippen LogP contribution is -2.26.